The summed E-state index contributed by atoms with van der Waals surface area (Å²) in [6.45, 7) is 1.84. The third-order valence-corrected chi connectivity index (χ3v) is 7.44. The van der Waals surface area contributed by atoms with Gasteiger partial charge in [0.05, 0.1) is 43.6 Å². The van der Waals surface area contributed by atoms with Crippen LogP contribution in [-0.2, 0) is 16.6 Å². The molecule has 0 aliphatic rings. The Bertz CT molecular complexity index is 1380. The molecule has 0 aliphatic carbocycles. The molecule has 11 heteroatoms. The van der Waals surface area contributed by atoms with E-state index in [2.05, 4.69) is 15.0 Å². The molecular formula is C20H15Cl2N3O4S2. The van der Waals surface area contributed by atoms with E-state index in [1.807, 2.05) is 6.92 Å². The van der Waals surface area contributed by atoms with Crippen LogP contribution in [0.3, 0.4) is 0 Å². The van der Waals surface area contributed by atoms with Gasteiger partial charge in [-0.25, -0.2) is 18.1 Å². The molecule has 4 rings (SSSR count). The van der Waals surface area contributed by atoms with Gasteiger partial charge in [0.2, 0.25) is 10.0 Å². The smallest absolute Gasteiger partial charge is 0.257 e. The number of sulfonamides is 1. The van der Waals surface area contributed by atoms with Gasteiger partial charge in [0.25, 0.3) is 5.91 Å². The summed E-state index contributed by atoms with van der Waals surface area (Å²) in [6.07, 6.45) is 1.44. The molecule has 0 saturated carbocycles. The molecular weight excluding hydrogens is 481 g/mol. The standard InChI is InChI=1S/C20H15Cl2N3O4S2/c1-11-24-17-5-4-12(7-18(17)30-11)25-20(26)14-8-19(16(22)9-15(14)21)31(27,28)23-10-13-3-2-6-29-13/h2-9,23H,10H2,1H3,(H,25,26). The molecule has 2 heterocycles. The van der Waals surface area contributed by atoms with Crippen LogP contribution in [0.4, 0.5) is 5.69 Å². The van der Waals surface area contributed by atoms with Crippen molar-refractivity contribution in [1.29, 1.82) is 0 Å². The van der Waals surface area contributed by atoms with Crippen LogP contribution in [0.5, 0.6) is 0 Å². The normalized spacial score (nSPS) is 11.7. The van der Waals surface area contributed by atoms with Crippen molar-refractivity contribution in [2.45, 2.75) is 18.4 Å². The first kappa shape index (κ1) is 21.8. The third kappa shape index (κ3) is 4.76. The number of halogens is 2. The number of furan rings is 1. The Morgan fingerprint density at radius 1 is 1.16 bits per heavy atom. The summed E-state index contributed by atoms with van der Waals surface area (Å²) < 4.78 is 33.9. The molecule has 2 N–H and O–H groups in total. The van der Waals surface area contributed by atoms with E-state index in [0.717, 1.165) is 21.3 Å². The number of hydrogen-bond donors (Lipinski definition) is 2. The van der Waals surface area contributed by atoms with E-state index in [-0.39, 0.29) is 27.0 Å². The van der Waals surface area contributed by atoms with Crippen molar-refractivity contribution in [2.24, 2.45) is 0 Å². The summed E-state index contributed by atoms with van der Waals surface area (Å²) in [5, 5.41) is 3.58. The molecule has 31 heavy (non-hydrogen) atoms. The SMILES string of the molecule is Cc1nc2ccc(NC(=O)c3cc(S(=O)(=O)NCc4ccco4)c(Cl)cc3Cl)cc2s1. The first-order chi connectivity index (χ1) is 14.7. The van der Waals surface area contributed by atoms with Crippen LogP contribution in [0, 0.1) is 6.92 Å². The Labute approximate surface area is 192 Å². The van der Waals surface area contributed by atoms with Gasteiger partial charge in [-0.15, -0.1) is 11.3 Å². The predicted octanol–water partition coefficient (Wildman–Crippen LogP) is 5.24. The Hall–Kier alpha value is -2.43. The monoisotopic (exact) mass is 495 g/mol. The molecule has 0 spiro atoms. The number of anilines is 1. The molecule has 0 unspecified atom stereocenters. The van der Waals surface area contributed by atoms with E-state index in [4.69, 9.17) is 27.6 Å². The molecule has 2 aromatic carbocycles. The van der Waals surface area contributed by atoms with E-state index < -0.39 is 15.9 Å². The zero-order chi connectivity index (χ0) is 22.2. The highest BCUT2D eigenvalue weighted by molar-refractivity contribution is 7.89. The van der Waals surface area contributed by atoms with Crippen LogP contribution in [0.25, 0.3) is 10.2 Å². The van der Waals surface area contributed by atoms with Crippen LogP contribution in [-0.4, -0.2) is 19.3 Å². The lowest BCUT2D eigenvalue weighted by molar-refractivity contribution is 0.102. The predicted molar refractivity (Wildman–Crippen MR) is 122 cm³/mol. The van der Waals surface area contributed by atoms with Gasteiger partial charge in [-0.3, -0.25) is 4.79 Å². The molecule has 0 aliphatic heterocycles. The fraction of sp³-hybridized carbons (Fsp3) is 0.100. The second-order valence-corrected chi connectivity index (χ2v) is 10.3. The van der Waals surface area contributed by atoms with Crippen LogP contribution >= 0.6 is 34.5 Å². The van der Waals surface area contributed by atoms with Crippen molar-refractivity contribution in [3.8, 4) is 0 Å². The number of carbonyl (C=O) groups excluding carboxylic acids is 1. The Morgan fingerprint density at radius 3 is 2.71 bits per heavy atom. The first-order valence-corrected chi connectivity index (χ1v) is 12.0. The zero-order valence-electron chi connectivity index (χ0n) is 16.0. The first-order valence-electron chi connectivity index (χ1n) is 8.92. The highest BCUT2D eigenvalue weighted by Gasteiger charge is 2.23. The number of aryl methyl sites for hydroxylation is 1. The summed E-state index contributed by atoms with van der Waals surface area (Å²) >= 11 is 13.8. The Kier molecular flexibility index (Phi) is 6.05. The quantitative estimate of drug-likeness (QED) is 0.381. The van der Waals surface area contributed by atoms with E-state index >= 15 is 0 Å². The summed E-state index contributed by atoms with van der Waals surface area (Å²) in [5.41, 5.74) is 1.35. The molecule has 1 amide bonds. The largest absolute Gasteiger partial charge is 0.468 e. The van der Waals surface area contributed by atoms with Crippen molar-refractivity contribution < 1.29 is 17.6 Å². The number of benzene rings is 2. The third-order valence-electron chi connectivity index (χ3n) is 4.33. The lowest BCUT2D eigenvalue weighted by Gasteiger charge is -2.12. The summed E-state index contributed by atoms with van der Waals surface area (Å²) in [4.78, 5) is 16.9. The number of rotatable bonds is 6. The van der Waals surface area contributed by atoms with Gasteiger partial charge in [0.15, 0.2) is 0 Å². The fourth-order valence-electron chi connectivity index (χ4n) is 2.88. The van der Waals surface area contributed by atoms with Crippen molar-refractivity contribution in [1.82, 2.24) is 9.71 Å². The number of fused-ring (bicyclic) bond motifs is 1. The number of nitrogens with one attached hydrogen (secondary N) is 2. The molecule has 2 aromatic heterocycles. The highest BCUT2D eigenvalue weighted by Crippen LogP contribution is 2.30. The van der Waals surface area contributed by atoms with E-state index in [9.17, 15) is 13.2 Å². The lowest BCUT2D eigenvalue weighted by atomic mass is 10.2. The maximum atomic E-state index is 12.8. The average Bonchev–Trinajstić information content (AvgIpc) is 3.34. The fourth-order valence-corrected chi connectivity index (χ4v) is 5.60. The van der Waals surface area contributed by atoms with Crippen molar-refractivity contribution in [3.05, 3.63) is 75.1 Å². The highest BCUT2D eigenvalue weighted by atomic mass is 35.5. The number of carbonyl (C=O) groups is 1. The van der Waals surface area contributed by atoms with Crippen molar-refractivity contribution >= 4 is 66.4 Å². The minimum atomic E-state index is -4.03. The molecule has 0 radical (unpaired) electrons. The topological polar surface area (TPSA) is 101 Å². The number of hydrogen-bond acceptors (Lipinski definition) is 6. The van der Waals surface area contributed by atoms with Crippen molar-refractivity contribution in [2.75, 3.05) is 5.32 Å². The van der Waals surface area contributed by atoms with Gasteiger partial charge >= 0.3 is 0 Å². The second kappa shape index (κ2) is 8.60. The molecule has 0 saturated heterocycles. The summed E-state index contributed by atoms with van der Waals surface area (Å²) in [6, 6.07) is 11.0. The molecule has 4 aromatic rings. The zero-order valence-corrected chi connectivity index (χ0v) is 19.1. The van der Waals surface area contributed by atoms with E-state index in [0.29, 0.717) is 11.4 Å². The van der Waals surface area contributed by atoms with E-state index in [1.165, 1.54) is 23.7 Å². The average molecular weight is 496 g/mol. The van der Waals surface area contributed by atoms with Gasteiger partial charge in [-0.05, 0) is 49.4 Å². The molecule has 0 bridgehead atoms. The number of nitrogens with zero attached hydrogens (tertiary/aromatic N) is 1. The minimum absolute atomic E-state index is 0.0231. The molecule has 0 atom stereocenters. The minimum Gasteiger partial charge on any atom is -0.468 e. The number of aromatic nitrogens is 1. The van der Waals surface area contributed by atoms with Crippen LogP contribution in [0.2, 0.25) is 10.0 Å². The Morgan fingerprint density at radius 2 is 1.97 bits per heavy atom. The van der Waals surface area contributed by atoms with Crippen LogP contribution < -0.4 is 10.0 Å². The second-order valence-electron chi connectivity index (χ2n) is 6.54. The van der Waals surface area contributed by atoms with E-state index in [1.54, 1.807) is 30.3 Å². The lowest BCUT2D eigenvalue weighted by Crippen LogP contribution is -2.24. The maximum Gasteiger partial charge on any atom is 0.257 e. The summed E-state index contributed by atoms with van der Waals surface area (Å²) in [7, 11) is -4.03. The number of thiazole rings is 1. The number of amides is 1. The maximum absolute atomic E-state index is 12.8. The van der Waals surface area contributed by atoms with Gasteiger partial charge < -0.3 is 9.73 Å². The Balaban J connectivity index is 1.60. The van der Waals surface area contributed by atoms with Gasteiger partial charge in [-0.2, -0.15) is 0 Å². The van der Waals surface area contributed by atoms with Gasteiger partial charge in [0.1, 0.15) is 10.7 Å². The van der Waals surface area contributed by atoms with Gasteiger partial charge in [-0.1, -0.05) is 23.2 Å². The van der Waals surface area contributed by atoms with Crippen LogP contribution in [0.15, 0.2) is 58.0 Å². The molecule has 7 nitrogen and oxygen atoms in total. The van der Waals surface area contributed by atoms with Crippen LogP contribution in [0.1, 0.15) is 21.1 Å². The van der Waals surface area contributed by atoms with Crippen molar-refractivity contribution in [3.63, 3.8) is 0 Å². The molecule has 160 valence electrons. The van der Waals surface area contributed by atoms with Gasteiger partial charge in [0, 0.05) is 5.69 Å². The summed E-state index contributed by atoms with van der Waals surface area (Å²) in [5.74, 6) is -0.134. The molecule has 0 fully saturated rings.